The minimum atomic E-state index is -5.08. The zero-order valence-corrected chi connectivity index (χ0v) is 11.3. The molecule has 0 unspecified atom stereocenters. The third-order valence-electron chi connectivity index (χ3n) is 3.43. The second-order valence-electron chi connectivity index (χ2n) is 4.81. The van der Waals surface area contributed by atoms with Crippen molar-refractivity contribution in [2.45, 2.75) is 32.0 Å². The smallest absolute Gasteiger partial charge is 0.475 e. The van der Waals surface area contributed by atoms with E-state index in [4.69, 9.17) is 9.90 Å². The highest BCUT2D eigenvalue weighted by atomic mass is 32.2. The van der Waals surface area contributed by atoms with Gasteiger partial charge in [0.15, 0.2) is 0 Å². The molecule has 0 radical (unpaired) electrons. The van der Waals surface area contributed by atoms with Crippen LogP contribution in [0.1, 0.15) is 19.8 Å². The van der Waals surface area contributed by atoms with Crippen LogP contribution in [0.5, 0.6) is 0 Å². The Kier molecular flexibility index (Phi) is 5.34. The number of halogens is 3. The zero-order valence-electron chi connectivity index (χ0n) is 10.4. The Labute approximate surface area is 112 Å². The number of nitrogens with zero attached hydrogens (tertiary/aromatic N) is 1. The molecule has 0 amide bonds. The zero-order chi connectivity index (χ0) is 14.7. The van der Waals surface area contributed by atoms with Gasteiger partial charge in [-0.2, -0.15) is 13.2 Å². The Morgan fingerprint density at radius 3 is 2.16 bits per heavy atom. The van der Waals surface area contributed by atoms with Crippen LogP contribution in [0.15, 0.2) is 0 Å². The average molecular weight is 302 g/mol. The van der Waals surface area contributed by atoms with E-state index in [1.165, 1.54) is 25.9 Å². The Morgan fingerprint density at radius 1 is 1.47 bits per heavy atom. The molecule has 2 aliphatic rings. The summed E-state index contributed by atoms with van der Waals surface area (Å²) in [6, 6.07) is 0.580. The standard InChI is InChI=1S/C8H16N2OS.C2HF3O2/c1-2-10(12-11)7-3-8(4-7)5-9-6-8;3-2(4,5)1(6)7/h7,9,12H,2-6H2,1H3;(H,6,7). The fourth-order valence-corrected chi connectivity index (χ4v) is 2.71. The van der Waals surface area contributed by atoms with E-state index in [2.05, 4.69) is 12.2 Å². The second kappa shape index (κ2) is 6.19. The van der Waals surface area contributed by atoms with Crippen LogP contribution < -0.4 is 5.32 Å². The number of alkyl halides is 3. The van der Waals surface area contributed by atoms with E-state index in [-0.39, 0.29) is 11.9 Å². The van der Waals surface area contributed by atoms with E-state index in [1.807, 2.05) is 4.31 Å². The Balaban J connectivity index is 0.000000224. The molecule has 1 saturated carbocycles. The van der Waals surface area contributed by atoms with Gasteiger partial charge in [0.05, 0.1) is 11.9 Å². The first-order valence-electron chi connectivity index (χ1n) is 5.85. The maximum atomic E-state index is 10.7. The minimum Gasteiger partial charge on any atom is -0.475 e. The van der Waals surface area contributed by atoms with E-state index < -0.39 is 12.1 Å². The maximum absolute atomic E-state index is 10.7. The molecule has 0 aromatic rings. The summed E-state index contributed by atoms with van der Waals surface area (Å²) in [5, 5.41) is 10.4. The molecule has 0 aromatic heterocycles. The van der Waals surface area contributed by atoms with Crippen LogP contribution in [0, 0.1) is 5.41 Å². The van der Waals surface area contributed by atoms with Crippen molar-refractivity contribution in [3.05, 3.63) is 0 Å². The van der Waals surface area contributed by atoms with Gasteiger partial charge in [0.25, 0.3) is 0 Å². The van der Waals surface area contributed by atoms with Crippen molar-refractivity contribution in [1.82, 2.24) is 9.62 Å². The third-order valence-corrected chi connectivity index (χ3v) is 4.25. The largest absolute Gasteiger partial charge is 0.490 e. The molecule has 5 nitrogen and oxygen atoms in total. The van der Waals surface area contributed by atoms with Crippen LogP contribution in [-0.2, 0) is 16.6 Å². The Bertz CT molecular complexity index is 339. The van der Waals surface area contributed by atoms with Crippen LogP contribution >= 0.6 is 0 Å². The van der Waals surface area contributed by atoms with Gasteiger partial charge in [0, 0.05) is 25.7 Å². The van der Waals surface area contributed by atoms with Crippen molar-refractivity contribution >= 4 is 17.8 Å². The van der Waals surface area contributed by atoms with Gasteiger partial charge in [-0.15, -0.1) is 0 Å². The van der Waals surface area contributed by atoms with Crippen LogP contribution in [0.4, 0.5) is 13.2 Å². The SMILES string of the molecule is CCN([SH]=O)C1CC2(CNC2)C1.O=C(O)C(F)(F)F. The fourth-order valence-electron chi connectivity index (χ4n) is 2.30. The first kappa shape index (κ1) is 16.4. The van der Waals surface area contributed by atoms with Crippen molar-refractivity contribution in [3.8, 4) is 0 Å². The number of hydrogen-bond donors (Lipinski definition) is 3. The first-order valence-corrected chi connectivity index (χ1v) is 6.61. The first-order chi connectivity index (χ1) is 8.74. The summed E-state index contributed by atoms with van der Waals surface area (Å²) in [7, 11) is 0. The van der Waals surface area contributed by atoms with Gasteiger partial charge < -0.3 is 10.4 Å². The molecule has 19 heavy (non-hydrogen) atoms. The molecule has 112 valence electrons. The molecule has 1 saturated heterocycles. The molecule has 1 heterocycles. The van der Waals surface area contributed by atoms with Crippen molar-refractivity contribution in [2.75, 3.05) is 19.6 Å². The molecule has 0 aromatic carbocycles. The lowest BCUT2D eigenvalue weighted by Gasteiger charge is -2.56. The topological polar surface area (TPSA) is 69.6 Å². The predicted molar refractivity (Wildman–Crippen MR) is 63.9 cm³/mol. The van der Waals surface area contributed by atoms with Gasteiger partial charge >= 0.3 is 12.1 Å². The summed E-state index contributed by atoms with van der Waals surface area (Å²) < 4.78 is 44.4. The lowest BCUT2D eigenvalue weighted by atomic mass is 9.61. The molecule has 2 N–H and O–H groups in total. The Hall–Kier alpha value is -0.670. The molecule has 9 heteroatoms. The number of aliphatic carboxylic acids is 1. The summed E-state index contributed by atoms with van der Waals surface area (Å²) in [6.45, 7) is 5.32. The molecule has 1 aliphatic carbocycles. The van der Waals surface area contributed by atoms with E-state index in [0.717, 1.165) is 6.54 Å². The average Bonchev–Trinajstić information content (AvgIpc) is 2.19. The lowest BCUT2D eigenvalue weighted by molar-refractivity contribution is -0.192. The number of thiol groups is 1. The van der Waals surface area contributed by atoms with E-state index in [0.29, 0.717) is 11.5 Å². The van der Waals surface area contributed by atoms with Crippen molar-refractivity contribution in [2.24, 2.45) is 5.41 Å². The predicted octanol–water partition coefficient (Wildman–Crippen LogP) is 0.554. The van der Waals surface area contributed by atoms with Crippen LogP contribution in [-0.4, -0.2) is 51.4 Å². The summed E-state index contributed by atoms with van der Waals surface area (Å²) in [5.74, 6) is -2.76. The number of carboxylic acid groups (broad SMARTS) is 1. The fraction of sp³-hybridized carbons (Fsp3) is 0.900. The molecule has 0 atom stereocenters. The van der Waals surface area contributed by atoms with Gasteiger partial charge in [-0.05, 0) is 18.3 Å². The summed E-state index contributed by atoms with van der Waals surface area (Å²) in [6.07, 6.45) is -2.61. The normalized spacial score (nSPS) is 21.3. The molecule has 2 fully saturated rings. The quantitative estimate of drug-likeness (QED) is 0.666. The summed E-state index contributed by atoms with van der Waals surface area (Å²) in [4.78, 5) is 8.90. The molecular weight excluding hydrogens is 285 g/mol. The van der Waals surface area contributed by atoms with Crippen LogP contribution in [0.3, 0.4) is 0 Å². The number of carboxylic acids is 1. The van der Waals surface area contributed by atoms with Crippen molar-refractivity contribution in [3.63, 3.8) is 0 Å². The molecule has 1 spiro atoms. The van der Waals surface area contributed by atoms with E-state index in [1.54, 1.807) is 0 Å². The summed E-state index contributed by atoms with van der Waals surface area (Å²) in [5.41, 5.74) is 0.600. The third kappa shape index (κ3) is 4.15. The maximum Gasteiger partial charge on any atom is 0.490 e. The highest BCUT2D eigenvalue weighted by Gasteiger charge is 2.49. The van der Waals surface area contributed by atoms with E-state index in [9.17, 15) is 17.4 Å². The Morgan fingerprint density at radius 2 is 1.95 bits per heavy atom. The molecule has 0 bridgehead atoms. The summed E-state index contributed by atoms with van der Waals surface area (Å²) >= 11 is 0.202. The van der Waals surface area contributed by atoms with E-state index >= 15 is 0 Å². The van der Waals surface area contributed by atoms with Crippen LogP contribution in [0.2, 0.25) is 0 Å². The molecule has 1 aliphatic heterocycles. The number of nitrogens with one attached hydrogen (secondary N) is 1. The highest BCUT2D eigenvalue weighted by Crippen LogP contribution is 2.46. The van der Waals surface area contributed by atoms with Gasteiger partial charge in [0.2, 0.25) is 0 Å². The minimum absolute atomic E-state index is 0.202. The van der Waals surface area contributed by atoms with Gasteiger partial charge in [0.1, 0.15) is 0 Å². The van der Waals surface area contributed by atoms with Crippen molar-refractivity contribution < 1.29 is 27.3 Å². The van der Waals surface area contributed by atoms with Crippen molar-refractivity contribution in [1.29, 1.82) is 0 Å². The van der Waals surface area contributed by atoms with Gasteiger partial charge in [-0.25, -0.2) is 13.3 Å². The monoisotopic (exact) mass is 302 g/mol. The number of hydrogen-bond acceptors (Lipinski definition) is 3. The van der Waals surface area contributed by atoms with Gasteiger partial charge in [-0.1, -0.05) is 6.92 Å². The molecule has 2 rings (SSSR count). The van der Waals surface area contributed by atoms with Crippen LogP contribution in [0.25, 0.3) is 0 Å². The second-order valence-corrected chi connectivity index (χ2v) is 5.48. The number of rotatable bonds is 3. The molecular formula is C10H17F3N2O3S. The highest BCUT2D eigenvalue weighted by molar-refractivity contribution is 7.63. The lowest BCUT2D eigenvalue weighted by Crippen LogP contribution is -2.64. The number of carbonyl (C=O) groups is 1. The van der Waals surface area contributed by atoms with Gasteiger partial charge in [-0.3, -0.25) is 0 Å².